The van der Waals surface area contributed by atoms with Gasteiger partial charge in [-0.2, -0.15) is 8.78 Å². The van der Waals surface area contributed by atoms with Gasteiger partial charge in [0.1, 0.15) is 5.75 Å². The predicted octanol–water partition coefficient (Wildman–Crippen LogP) is 5.12. The molecule has 0 aliphatic rings. The maximum Gasteiger partial charge on any atom is 0.387 e. The maximum absolute atomic E-state index is 12.3. The van der Waals surface area contributed by atoms with Crippen molar-refractivity contribution < 1.29 is 18.3 Å². The van der Waals surface area contributed by atoms with Gasteiger partial charge in [-0.15, -0.1) is 16.8 Å². The Morgan fingerprint density at radius 2 is 2.03 bits per heavy atom. The molecule has 0 unspecified atom stereocenters. The lowest BCUT2D eigenvalue weighted by Gasteiger charge is -2.09. The van der Waals surface area contributed by atoms with Gasteiger partial charge in [0.25, 0.3) is 0 Å². The Morgan fingerprint density at radius 3 is 2.70 bits per heavy atom. The summed E-state index contributed by atoms with van der Waals surface area (Å²) in [6, 6.07) is 13.0. The number of anilines is 1. The van der Waals surface area contributed by atoms with Gasteiger partial charge in [0.15, 0.2) is 11.0 Å². The molecule has 0 atom stereocenters. The number of allylic oxidation sites excluding steroid dienone is 1. The van der Waals surface area contributed by atoms with Crippen molar-refractivity contribution in [1.82, 2.24) is 14.8 Å². The standard InChI is InChI=1S/C20H17ClF2N4O2S/c1-2-10-27-18(13-6-8-16(9-7-13)29-19(22)23)25-26-20(27)30-12-17(28)24-15-5-3-4-14(21)11-15/h2-9,11,19H,1,10,12H2,(H,24,28). The van der Waals surface area contributed by atoms with Gasteiger partial charge >= 0.3 is 6.61 Å². The number of aromatic nitrogens is 3. The minimum Gasteiger partial charge on any atom is -0.435 e. The van der Waals surface area contributed by atoms with Crippen molar-refractivity contribution in [2.24, 2.45) is 0 Å². The highest BCUT2D eigenvalue weighted by Crippen LogP contribution is 2.26. The Hall–Kier alpha value is -2.91. The quantitative estimate of drug-likeness (QED) is 0.362. The second-order valence-electron chi connectivity index (χ2n) is 5.96. The molecule has 0 radical (unpaired) electrons. The molecule has 1 N–H and O–H groups in total. The highest BCUT2D eigenvalue weighted by atomic mass is 35.5. The fraction of sp³-hybridized carbons (Fsp3) is 0.150. The molecular formula is C20H17ClF2N4O2S. The molecule has 0 aliphatic heterocycles. The fourth-order valence-electron chi connectivity index (χ4n) is 2.58. The first-order chi connectivity index (χ1) is 14.5. The van der Waals surface area contributed by atoms with Crippen molar-refractivity contribution in [3.05, 3.63) is 66.2 Å². The van der Waals surface area contributed by atoms with Gasteiger partial charge in [-0.25, -0.2) is 0 Å². The second kappa shape index (κ2) is 10.2. The van der Waals surface area contributed by atoms with Crippen molar-refractivity contribution in [3.8, 4) is 17.1 Å². The minimum atomic E-state index is -2.89. The van der Waals surface area contributed by atoms with Gasteiger partial charge in [-0.05, 0) is 42.5 Å². The van der Waals surface area contributed by atoms with Gasteiger partial charge in [-0.1, -0.05) is 35.5 Å². The second-order valence-corrected chi connectivity index (χ2v) is 7.33. The lowest BCUT2D eigenvalue weighted by molar-refractivity contribution is -0.113. The summed E-state index contributed by atoms with van der Waals surface area (Å²) in [4.78, 5) is 12.2. The molecule has 3 aromatic rings. The number of thioether (sulfide) groups is 1. The fourth-order valence-corrected chi connectivity index (χ4v) is 3.52. The van der Waals surface area contributed by atoms with Crippen LogP contribution >= 0.6 is 23.4 Å². The molecule has 0 bridgehead atoms. The van der Waals surface area contributed by atoms with Crippen LogP contribution in [0.4, 0.5) is 14.5 Å². The Morgan fingerprint density at radius 1 is 1.27 bits per heavy atom. The number of nitrogens with one attached hydrogen (secondary N) is 1. The third kappa shape index (κ3) is 5.80. The van der Waals surface area contributed by atoms with E-state index in [1.165, 1.54) is 23.9 Å². The first kappa shape index (κ1) is 21.8. The van der Waals surface area contributed by atoms with Crippen LogP contribution in [-0.2, 0) is 11.3 Å². The van der Waals surface area contributed by atoms with Gasteiger partial charge < -0.3 is 10.1 Å². The topological polar surface area (TPSA) is 69.0 Å². The van der Waals surface area contributed by atoms with E-state index < -0.39 is 6.61 Å². The van der Waals surface area contributed by atoms with E-state index >= 15 is 0 Å². The Bertz CT molecular complexity index is 1030. The smallest absolute Gasteiger partial charge is 0.387 e. The van der Waals surface area contributed by atoms with Gasteiger partial charge in [0.2, 0.25) is 5.91 Å². The molecule has 3 rings (SSSR count). The van der Waals surface area contributed by atoms with E-state index in [1.807, 2.05) is 0 Å². The van der Waals surface area contributed by atoms with Gasteiger partial charge in [0, 0.05) is 22.8 Å². The molecule has 10 heteroatoms. The van der Waals surface area contributed by atoms with Crippen LogP contribution in [0, 0.1) is 0 Å². The van der Waals surface area contributed by atoms with Crippen LogP contribution in [0.1, 0.15) is 0 Å². The highest BCUT2D eigenvalue weighted by Gasteiger charge is 2.15. The number of carbonyl (C=O) groups excluding carboxylic acids is 1. The van der Waals surface area contributed by atoms with Gasteiger partial charge in [0.05, 0.1) is 5.75 Å². The molecule has 0 aliphatic carbocycles. The lowest BCUT2D eigenvalue weighted by atomic mass is 10.2. The van der Waals surface area contributed by atoms with E-state index in [9.17, 15) is 13.6 Å². The third-order valence-corrected chi connectivity index (χ3v) is 5.01. The van der Waals surface area contributed by atoms with Gasteiger partial charge in [-0.3, -0.25) is 9.36 Å². The third-order valence-electron chi connectivity index (χ3n) is 3.81. The molecule has 156 valence electrons. The summed E-state index contributed by atoms with van der Waals surface area (Å²) in [7, 11) is 0. The maximum atomic E-state index is 12.3. The zero-order valence-electron chi connectivity index (χ0n) is 15.6. The number of ether oxygens (including phenoxy) is 1. The van der Waals surface area contributed by atoms with Crippen LogP contribution in [0.15, 0.2) is 66.3 Å². The van der Waals surface area contributed by atoms with Crippen molar-refractivity contribution in [2.45, 2.75) is 18.3 Å². The summed E-state index contributed by atoms with van der Waals surface area (Å²) in [6.45, 7) is 1.26. The first-order valence-corrected chi connectivity index (χ1v) is 10.1. The first-order valence-electron chi connectivity index (χ1n) is 8.74. The zero-order chi connectivity index (χ0) is 21.5. The Kier molecular flexibility index (Phi) is 7.42. The van der Waals surface area contributed by atoms with Crippen LogP contribution in [0.3, 0.4) is 0 Å². The number of amides is 1. The number of alkyl halides is 2. The summed E-state index contributed by atoms with van der Waals surface area (Å²) in [5, 5.41) is 12.1. The molecule has 0 spiro atoms. The molecule has 30 heavy (non-hydrogen) atoms. The highest BCUT2D eigenvalue weighted by molar-refractivity contribution is 7.99. The normalized spacial score (nSPS) is 10.8. The molecule has 0 saturated heterocycles. The van der Waals surface area contributed by atoms with E-state index in [2.05, 4.69) is 26.8 Å². The van der Waals surface area contributed by atoms with Crippen LogP contribution < -0.4 is 10.1 Å². The predicted molar refractivity (Wildman–Crippen MR) is 113 cm³/mol. The molecule has 1 aromatic heterocycles. The average Bonchev–Trinajstić information content (AvgIpc) is 3.09. The zero-order valence-corrected chi connectivity index (χ0v) is 17.2. The Balaban J connectivity index is 1.70. The number of rotatable bonds is 9. The number of halogens is 3. The summed E-state index contributed by atoms with van der Waals surface area (Å²) < 4.78 is 30.8. The molecule has 6 nitrogen and oxygen atoms in total. The van der Waals surface area contributed by atoms with Crippen molar-refractivity contribution >= 4 is 35.0 Å². The SMILES string of the molecule is C=CCn1c(SCC(=O)Nc2cccc(Cl)c2)nnc1-c1ccc(OC(F)F)cc1. The molecule has 1 amide bonds. The average molecular weight is 451 g/mol. The van der Waals surface area contributed by atoms with E-state index in [0.717, 1.165) is 0 Å². The molecular weight excluding hydrogens is 434 g/mol. The monoisotopic (exact) mass is 450 g/mol. The van der Waals surface area contributed by atoms with E-state index in [-0.39, 0.29) is 17.4 Å². The summed E-state index contributed by atoms with van der Waals surface area (Å²) in [6.07, 6.45) is 1.68. The number of carbonyl (C=O) groups is 1. The molecule has 0 fully saturated rings. The number of hydrogen-bond donors (Lipinski definition) is 1. The van der Waals surface area contributed by atoms with Crippen molar-refractivity contribution in [3.63, 3.8) is 0 Å². The summed E-state index contributed by atoms with van der Waals surface area (Å²) >= 11 is 7.14. The van der Waals surface area contributed by atoms with E-state index in [0.29, 0.717) is 33.8 Å². The van der Waals surface area contributed by atoms with Crippen LogP contribution in [-0.4, -0.2) is 33.0 Å². The summed E-state index contributed by atoms with van der Waals surface area (Å²) in [5.74, 6) is 0.473. The largest absolute Gasteiger partial charge is 0.435 e. The molecule has 1 heterocycles. The molecule has 0 saturated carbocycles. The van der Waals surface area contributed by atoms with Crippen LogP contribution in [0.25, 0.3) is 11.4 Å². The van der Waals surface area contributed by atoms with E-state index in [4.69, 9.17) is 11.6 Å². The number of benzene rings is 2. The van der Waals surface area contributed by atoms with Crippen LogP contribution in [0.5, 0.6) is 5.75 Å². The molecule has 2 aromatic carbocycles. The Labute approximate surface area is 180 Å². The summed E-state index contributed by atoms with van der Waals surface area (Å²) in [5.41, 5.74) is 1.27. The van der Waals surface area contributed by atoms with Crippen molar-refractivity contribution in [1.29, 1.82) is 0 Å². The lowest BCUT2D eigenvalue weighted by Crippen LogP contribution is -2.14. The number of hydrogen-bond acceptors (Lipinski definition) is 5. The number of nitrogens with zero attached hydrogens (tertiary/aromatic N) is 3. The van der Waals surface area contributed by atoms with Crippen molar-refractivity contribution in [2.75, 3.05) is 11.1 Å². The van der Waals surface area contributed by atoms with Crippen LogP contribution in [0.2, 0.25) is 5.02 Å². The minimum absolute atomic E-state index is 0.0517. The van der Waals surface area contributed by atoms with E-state index in [1.54, 1.807) is 47.0 Å².